The van der Waals surface area contributed by atoms with Gasteiger partial charge in [0.2, 0.25) is 0 Å². The third kappa shape index (κ3) is 3.06. The van der Waals surface area contributed by atoms with Crippen LogP contribution in [0.15, 0.2) is 49.1 Å². The predicted octanol–water partition coefficient (Wildman–Crippen LogP) is 4.31. The fraction of sp³-hybridized carbons (Fsp3) is 0.143. The third-order valence-electron chi connectivity index (χ3n) is 1.95. The molecule has 0 aromatic heterocycles. The predicted molar refractivity (Wildman–Crippen MR) is 65.0 cm³/mol. The summed E-state index contributed by atoms with van der Waals surface area (Å²) in [7, 11) is 0. The van der Waals surface area contributed by atoms with Gasteiger partial charge in [-0.05, 0) is 17.5 Å². The zero-order valence-corrected chi connectivity index (χ0v) is 8.61. The topological polar surface area (TPSA) is 0 Å². The molecule has 0 N–H and O–H groups in total. The molecule has 0 radical (unpaired) electrons. The van der Waals surface area contributed by atoms with Crippen molar-refractivity contribution in [3.05, 3.63) is 60.2 Å². The lowest BCUT2D eigenvalue weighted by Gasteiger charge is -2.06. The van der Waals surface area contributed by atoms with E-state index in [-0.39, 0.29) is 0 Å². The Kier molecular flexibility index (Phi) is 4.49. The first-order valence-electron chi connectivity index (χ1n) is 4.93. The Hall–Kier alpha value is -1.56. The van der Waals surface area contributed by atoms with Gasteiger partial charge in [-0.1, -0.05) is 68.1 Å². The fourth-order valence-corrected chi connectivity index (χ4v) is 1.13. The molecular weight excluding hydrogens is 168 g/mol. The molecule has 72 valence electrons. The monoisotopic (exact) mass is 184 g/mol. The molecule has 0 heteroatoms. The third-order valence-corrected chi connectivity index (χ3v) is 1.95. The van der Waals surface area contributed by atoms with Crippen molar-refractivity contribution in [2.75, 3.05) is 0 Å². The van der Waals surface area contributed by atoms with Crippen LogP contribution in [0.5, 0.6) is 0 Å². The van der Waals surface area contributed by atoms with E-state index in [1.54, 1.807) is 6.08 Å². The maximum Gasteiger partial charge on any atom is -0.0184 e. The van der Waals surface area contributed by atoms with Crippen molar-refractivity contribution in [1.82, 2.24) is 0 Å². The zero-order valence-electron chi connectivity index (χ0n) is 8.61. The van der Waals surface area contributed by atoms with Gasteiger partial charge in [0.05, 0.1) is 0 Å². The molecule has 0 saturated heterocycles. The zero-order chi connectivity index (χ0) is 10.2. The molecule has 1 aliphatic rings. The number of hydrogen-bond donors (Lipinski definition) is 0. The van der Waals surface area contributed by atoms with Crippen LogP contribution in [-0.4, -0.2) is 0 Å². The minimum Gasteiger partial charge on any atom is -0.0991 e. The van der Waals surface area contributed by atoms with Gasteiger partial charge in [-0.2, -0.15) is 0 Å². The summed E-state index contributed by atoms with van der Waals surface area (Å²) >= 11 is 0. The molecule has 0 fully saturated rings. The van der Waals surface area contributed by atoms with Crippen LogP contribution in [-0.2, 0) is 0 Å². The lowest BCUT2D eigenvalue weighted by molar-refractivity contribution is 1.22. The first kappa shape index (κ1) is 10.5. The highest BCUT2D eigenvalue weighted by molar-refractivity contribution is 5.85. The largest absolute Gasteiger partial charge is 0.0991 e. The lowest BCUT2D eigenvalue weighted by atomic mass is 9.99. The summed E-state index contributed by atoms with van der Waals surface area (Å²) in [6, 6.07) is 8.36. The molecule has 0 bridgehead atoms. The van der Waals surface area contributed by atoms with Crippen molar-refractivity contribution in [2.45, 2.75) is 13.3 Å². The highest BCUT2D eigenvalue weighted by Crippen LogP contribution is 2.21. The Labute approximate surface area is 86.3 Å². The smallest absolute Gasteiger partial charge is 0.0184 e. The van der Waals surface area contributed by atoms with Gasteiger partial charge in [0.25, 0.3) is 0 Å². The summed E-state index contributed by atoms with van der Waals surface area (Å²) in [6.07, 6.45) is 11.1. The van der Waals surface area contributed by atoms with Crippen molar-refractivity contribution in [2.24, 2.45) is 0 Å². The van der Waals surface area contributed by atoms with Gasteiger partial charge in [-0.25, -0.2) is 0 Å². The molecule has 0 spiro atoms. The SMILES string of the molecule is C1=Cc2ccccc21.C=CC=CCC. The van der Waals surface area contributed by atoms with Crippen LogP contribution in [0.25, 0.3) is 12.2 Å². The van der Waals surface area contributed by atoms with Crippen LogP contribution in [0.3, 0.4) is 0 Å². The summed E-state index contributed by atoms with van der Waals surface area (Å²) < 4.78 is 0. The van der Waals surface area contributed by atoms with Crippen molar-refractivity contribution >= 4 is 12.2 Å². The Morgan fingerprint density at radius 3 is 1.93 bits per heavy atom. The van der Waals surface area contributed by atoms with E-state index in [2.05, 4.69) is 56.0 Å². The van der Waals surface area contributed by atoms with Gasteiger partial charge in [0.1, 0.15) is 0 Å². The summed E-state index contributed by atoms with van der Waals surface area (Å²) in [5, 5.41) is 0. The highest BCUT2D eigenvalue weighted by Gasteiger charge is 1.99. The van der Waals surface area contributed by atoms with Gasteiger partial charge >= 0.3 is 0 Å². The first-order valence-corrected chi connectivity index (χ1v) is 4.93. The summed E-state index contributed by atoms with van der Waals surface area (Å²) in [5.74, 6) is 0. The molecule has 2 rings (SSSR count). The minimum atomic E-state index is 1.10. The second-order valence-electron chi connectivity index (χ2n) is 3.03. The summed E-state index contributed by atoms with van der Waals surface area (Å²) in [5.41, 5.74) is 2.74. The van der Waals surface area contributed by atoms with Gasteiger partial charge < -0.3 is 0 Å². The van der Waals surface area contributed by atoms with Gasteiger partial charge in [0, 0.05) is 0 Å². The van der Waals surface area contributed by atoms with Crippen LogP contribution in [0.1, 0.15) is 24.5 Å². The van der Waals surface area contributed by atoms with Crippen molar-refractivity contribution < 1.29 is 0 Å². The number of fused-ring (bicyclic) bond motifs is 1. The van der Waals surface area contributed by atoms with E-state index >= 15 is 0 Å². The Morgan fingerprint density at radius 1 is 1.14 bits per heavy atom. The van der Waals surface area contributed by atoms with E-state index in [4.69, 9.17) is 0 Å². The Morgan fingerprint density at radius 2 is 1.71 bits per heavy atom. The molecular formula is C14H16. The number of rotatable bonds is 2. The second-order valence-corrected chi connectivity index (χ2v) is 3.03. The molecule has 1 aromatic rings. The van der Waals surface area contributed by atoms with Crippen molar-refractivity contribution in [3.8, 4) is 0 Å². The molecule has 0 aliphatic heterocycles. The summed E-state index contributed by atoms with van der Waals surface area (Å²) in [4.78, 5) is 0. The normalized spacial score (nSPS) is 11.2. The van der Waals surface area contributed by atoms with Crippen molar-refractivity contribution in [1.29, 1.82) is 0 Å². The molecule has 0 saturated carbocycles. The van der Waals surface area contributed by atoms with Crippen LogP contribution >= 0.6 is 0 Å². The minimum absolute atomic E-state index is 1.10. The van der Waals surface area contributed by atoms with E-state index in [0.717, 1.165) is 6.42 Å². The van der Waals surface area contributed by atoms with Gasteiger partial charge in [-0.15, -0.1) is 0 Å². The molecule has 14 heavy (non-hydrogen) atoms. The van der Waals surface area contributed by atoms with Crippen molar-refractivity contribution in [3.63, 3.8) is 0 Å². The number of benzene rings is 1. The molecule has 1 aromatic carbocycles. The number of allylic oxidation sites excluding steroid dienone is 3. The second kappa shape index (κ2) is 5.98. The van der Waals surface area contributed by atoms with E-state index < -0.39 is 0 Å². The highest BCUT2D eigenvalue weighted by atomic mass is 14.0. The average Bonchev–Trinajstić information content (AvgIpc) is 2.18. The van der Waals surface area contributed by atoms with E-state index in [0.29, 0.717) is 0 Å². The molecule has 0 heterocycles. The van der Waals surface area contributed by atoms with E-state index in [9.17, 15) is 0 Å². The lowest BCUT2D eigenvalue weighted by Crippen LogP contribution is -1.85. The Bertz CT molecular complexity index is 318. The van der Waals surface area contributed by atoms with E-state index in [1.165, 1.54) is 11.1 Å². The van der Waals surface area contributed by atoms with Gasteiger partial charge in [0.15, 0.2) is 0 Å². The molecule has 0 atom stereocenters. The van der Waals surface area contributed by atoms with E-state index in [1.807, 2.05) is 6.08 Å². The standard InChI is InChI=1S/C8H6.C6H10/c1-2-4-8-6-5-7(8)3-1;1-3-5-6-4-2/h1-6H;3,5-6H,1,4H2,2H3. The molecule has 0 amide bonds. The first-order chi connectivity index (χ1) is 6.88. The average molecular weight is 184 g/mol. The van der Waals surface area contributed by atoms with Crippen LogP contribution in [0.2, 0.25) is 0 Å². The van der Waals surface area contributed by atoms with Crippen LogP contribution in [0, 0.1) is 0 Å². The molecule has 1 aliphatic carbocycles. The summed E-state index contributed by atoms with van der Waals surface area (Å²) in [6.45, 7) is 5.61. The van der Waals surface area contributed by atoms with Crippen LogP contribution < -0.4 is 0 Å². The number of hydrogen-bond acceptors (Lipinski definition) is 0. The maximum atomic E-state index is 3.51. The Balaban J connectivity index is 0.000000149. The molecule has 0 unspecified atom stereocenters. The maximum absolute atomic E-state index is 3.51. The quantitative estimate of drug-likeness (QED) is 0.610. The van der Waals surface area contributed by atoms with Crippen LogP contribution in [0.4, 0.5) is 0 Å². The fourth-order valence-electron chi connectivity index (χ4n) is 1.13. The van der Waals surface area contributed by atoms with Gasteiger partial charge in [-0.3, -0.25) is 0 Å². The molecule has 0 nitrogen and oxygen atoms in total.